The van der Waals surface area contributed by atoms with Crippen LogP contribution in [0.4, 0.5) is 0 Å². The molecule has 0 radical (unpaired) electrons. The minimum atomic E-state index is -1.30. The van der Waals surface area contributed by atoms with Gasteiger partial charge in [-0.05, 0) is 48.4 Å². The van der Waals surface area contributed by atoms with Gasteiger partial charge in [-0.1, -0.05) is 0 Å². The maximum Gasteiger partial charge on any atom is 0.181 e. The van der Waals surface area contributed by atoms with Crippen LogP contribution in [0.15, 0.2) is 41.3 Å². The summed E-state index contributed by atoms with van der Waals surface area (Å²) in [5.41, 5.74) is 8.10. The van der Waals surface area contributed by atoms with Gasteiger partial charge < -0.3 is 14.9 Å². The molecule has 1 atom stereocenters. The second-order valence-electron chi connectivity index (χ2n) is 5.94. The van der Waals surface area contributed by atoms with Crippen LogP contribution < -0.4 is 10.5 Å². The Morgan fingerprint density at radius 2 is 2.00 bits per heavy atom. The number of phenolic OH excluding ortho intramolecular Hbond substituents is 1. The van der Waals surface area contributed by atoms with Crippen LogP contribution in [0.25, 0.3) is 17.1 Å². The fourth-order valence-electron chi connectivity index (χ4n) is 3.04. The van der Waals surface area contributed by atoms with Gasteiger partial charge in [0, 0.05) is 16.3 Å². The Morgan fingerprint density at radius 3 is 2.69 bits per heavy atom. The van der Waals surface area contributed by atoms with Gasteiger partial charge >= 0.3 is 0 Å². The SMILES string of the molecule is COc1ccc(-n2c(-c3cc4c(cc3O)SCC4)nnc2C(N)O)cc1. The van der Waals surface area contributed by atoms with Gasteiger partial charge in [-0.15, -0.1) is 22.0 Å². The zero-order valence-corrected chi connectivity index (χ0v) is 14.9. The average Bonchev–Trinajstić information content (AvgIpc) is 3.27. The summed E-state index contributed by atoms with van der Waals surface area (Å²) in [4.78, 5) is 1.08. The summed E-state index contributed by atoms with van der Waals surface area (Å²) in [5.74, 6) is 2.44. The van der Waals surface area contributed by atoms with Crippen molar-refractivity contribution in [3.05, 3.63) is 47.8 Å². The van der Waals surface area contributed by atoms with Gasteiger partial charge in [0.1, 0.15) is 11.5 Å². The number of hydrogen-bond donors (Lipinski definition) is 3. The van der Waals surface area contributed by atoms with Gasteiger partial charge in [0.15, 0.2) is 17.9 Å². The van der Waals surface area contributed by atoms with E-state index >= 15 is 0 Å². The lowest BCUT2D eigenvalue weighted by molar-refractivity contribution is 0.174. The number of rotatable bonds is 4. The molecule has 2 aromatic carbocycles. The third-order valence-electron chi connectivity index (χ3n) is 4.33. The van der Waals surface area contributed by atoms with E-state index < -0.39 is 6.23 Å². The average molecular weight is 370 g/mol. The molecule has 0 aliphatic carbocycles. The first-order chi connectivity index (χ1) is 12.6. The number of ether oxygens (including phenoxy) is 1. The van der Waals surface area contributed by atoms with Crippen LogP contribution >= 0.6 is 11.8 Å². The third-order valence-corrected chi connectivity index (χ3v) is 5.43. The van der Waals surface area contributed by atoms with E-state index in [1.54, 1.807) is 41.6 Å². The number of methoxy groups -OCH3 is 1. The minimum Gasteiger partial charge on any atom is -0.507 e. The summed E-state index contributed by atoms with van der Waals surface area (Å²) in [6, 6.07) is 10.9. The number of hydrogen-bond acceptors (Lipinski definition) is 7. The smallest absolute Gasteiger partial charge is 0.181 e. The number of fused-ring (bicyclic) bond motifs is 1. The van der Waals surface area contributed by atoms with E-state index in [0.717, 1.165) is 17.1 Å². The van der Waals surface area contributed by atoms with Gasteiger partial charge in [-0.25, -0.2) is 0 Å². The maximum atomic E-state index is 10.5. The molecular weight excluding hydrogens is 352 g/mol. The zero-order valence-electron chi connectivity index (χ0n) is 14.1. The third kappa shape index (κ3) is 2.82. The quantitative estimate of drug-likeness (QED) is 0.605. The molecule has 0 amide bonds. The van der Waals surface area contributed by atoms with Gasteiger partial charge in [-0.3, -0.25) is 10.3 Å². The van der Waals surface area contributed by atoms with Crippen LogP contribution in [0.5, 0.6) is 11.5 Å². The van der Waals surface area contributed by atoms with Crippen LogP contribution in [0.3, 0.4) is 0 Å². The number of aryl methyl sites for hydroxylation is 1. The lowest BCUT2D eigenvalue weighted by Crippen LogP contribution is -2.15. The summed E-state index contributed by atoms with van der Waals surface area (Å²) in [6.45, 7) is 0. The first-order valence-electron chi connectivity index (χ1n) is 8.11. The molecule has 7 nitrogen and oxygen atoms in total. The molecule has 26 heavy (non-hydrogen) atoms. The molecule has 4 rings (SSSR count). The molecule has 134 valence electrons. The van der Waals surface area contributed by atoms with Crippen molar-refractivity contribution in [1.29, 1.82) is 0 Å². The second-order valence-corrected chi connectivity index (χ2v) is 7.07. The highest BCUT2D eigenvalue weighted by Gasteiger charge is 2.23. The number of aliphatic hydroxyl groups excluding tert-OH is 1. The number of nitrogens with two attached hydrogens (primary N) is 1. The number of benzene rings is 2. The molecule has 0 fully saturated rings. The van der Waals surface area contributed by atoms with E-state index in [1.807, 2.05) is 18.2 Å². The zero-order chi connectivity index (χ0) is 18.3. The monoisotopic (exact) mass is 370 g/mol. The summed E-state index contributed by atoms with van der Waals surface area (Å²) in [6.07, 6.45) is -0.360. The Kier molecular flexibility index (Phi) is 4.31. The van der Waals surface area contributed by atoms with Crippen LogP contribution in [-0.2, 0) is 6.42 Å². The Balaban J connectivity index is 1.90. The van der Waals surface area contributed by atoms with Gasteiger partial charge in [0.05, 0.1) is 12.7 Å². The lowest BCUT2D eigenvalue weighted by Gasteiger charge is -2.14. The molecule has 1 unspecified atom stereocenters. The summed E-state index contributed by atoms with van der Waals surface area (Å²) >= 11 is 1.72. The van der Waals surface area contributed by atoms with Crippen molar-refractivity contribution in [2.75, 3.05) is 12.9 Å². The molecule has 0 spiro atoms. The van der Waals surface area contributed by atoms with Gasteiger partial charge in [-0.2, -0.15) is 0 Å². The molecule has 0 bridgehead atoms. The van der Waals surface area contributed by atoms with Crippen molar-refractivity contribution < 1.29 is 14.9 Å². The molecule has 1 aliphatic heterocycles. The molecule has 4 N–H and O–H groups in total. The Morgan fingerprint density at radius 1 is 1.23 bits per heavy atom. The van der Waals surface area contributed by atoms with Crippen molar-refractivity contribution in [2.24, 2.45) is 5.73 Å². The van der Waals surface area contributed by atoms with E-state index in [9.17, 15) is 10.2 Å². The first-order valence-corrected chi connectivity index (χ1v) is 9.09. The van der Waals surface area contributed by atoms with Crippen LogP contribution in [-0.4, -0.2) is 37.8 Å². The Labute approximate surface area is 154 Å². The summed E-state index contributed by atoms with van der Waals surface area (Å²) < 4.78 is 6.84. The predicted octanol–water partition coefficient (Wildman–Crippen LogP) is 2.25. The van der Waals surface area contributed by atoms with Crippen molar-refractivity contribution >= 4 is 11.8 Å². The highest BCUT2D eigenvalue weighted by Crippen LogP contribution is 2.40. The topological polar surface area (TPSA) is 106 Å². The molecule has 1 aliphatic rings. The van der Waals surface area contributed by atoms with Crippen molar-refractivity contribution in [3.63, 3.8) is 0 Å². The van der Waals surface area contributed by atoms with E-state index in [2.05, 4.69) is 10.2 Å². The molecule has 0 saturated carbocycles. The fraction of sp³-hybridized carbons (Fsp3) is 0.222. The molecule has 3 aromatic rings. The minimum absolute atomic E-state index is 0.123. The van der Waals surface area contributed by atoms with Gasteiger partial charge in [0.25, 0.3) is 0 Å². The van der Waals surface area contributed by atoms with Crippen LogP contribution in [0, 0.1) is 0 Å². The van der Waals surface area contributed by atoms with Crippen molar-refractivity contribution in [2.45, 2.75) is 17.5 Å². The Hall–Kier alpha value is -2.55. The number of aromatic nitrogens is 3. The normalized spacial score (nSPS) is 14.3. The number of phenols is 1. The maximum absolute atomic E-state index is 10.5. The summed E-state index contributed by atoms with van der Waals surface area (Å²) in [5, 5.41) is 28.7. The second kappa shape index (κ2) is 6.64. The summed E-state index contributed by atoms with van der Waals surface area (Å²) in [7, 11) is 1.59. The Bertz CT molecular complexity index is 954. The molecule has 0 saturated heterocycles. The number of aromatic hydroxyl groups is 1. The number of aliphatic hydroxyl groups is 1. The molecule has 1 aromatic heterocycles. The number of nitrogens with zero attached hydrogens (tertiary/aromatic N) is 3. The highest BCUT2D eigenvalue weighted by molar-refractivity contribution is 7.99. The molecule has 8 heteroatoms. The van der Waals surface area contributed by atoms with Crippen LogP contribution in [0.2, 0.25) is 0 Å². The number of thioether (sulfide) groups is 1. The van der Waals surface area contributed by atoms with Crippen molar-refractivity contribution in [3.8, 4) is 28.6 Å². The van der Waals surface area contributed by atoms with Crippen molar-refractivity contribution in [1.82, 2.24) is 14.8 Å². The lowest BCUT2D eigenvalue weighted by atomic mass is 10.1. The molecule has 2 heterocycles. The first kappa shape index (κ1) is 16.9. The van der Waals surface area contributed by atoms with E-state index in [4.69, 9.17) is 10.5 Å². The van der Waals surface area contributed by atoms with E-state index in [1.165, 1.54) is 5.56 Å². The van der Waals surface area contributed by atoms with E-state index in [0.29, 0.717) is 22.8 Å². The highest BCUT2D eigenvalue weighted by atomic mass is 32.2. The van der Waals surface area contributed by atoms with E-state index in [-0.39, 0.29) is 11.6 Å². The van der Waals surface area contributed by atoms with Crippen LogP contribution in [0.1, 0.15) is 17.6 Å². The fourth-order valence-corrected chi connectivity index (χ4v) is 4.13. The van der Waals surface area contributed by atoms with Gasteiger partial charge in [0.2, 0.25) is 0 Å². The standard InChI is InChI=1S/C18H18N4O3S/c1-25-12-4-2-11(3-5-12)22-17(20-21-18(22)16(19)24)13-8-10-6-7-26-15(10)9-14(13)23/h2-5,8-9,16,23-24H,6-7,19H2,1H3. The molecular formula is C18H18N4O3S. The predicted molar refractivity (Wildman–Crippen MR) is 98.6 cm³/mol. The largest absolute Gasteiger partial charge is 0.507 e.